The number of aryl methyl sites for hydroxylation is 1. The molecule has 64 valence electrons. The summed E-state index contributed by atoms with van der Waals surface area (Å²) >= 11 is 1.15. The predicted octanol–water partition coefficient (Wildman–Crippen LogP) is -2.22. The largest absolute Gasteiger partial charge is 1.00 e. The van der Waals surface area contributed by atoms with Crippen LogP contribution in [0.5, 0.6) is 0 Å². The molecule has 1 aromatic rings. The molecule has 0 aliphatic carbocycles. The molecule has 0 spiro atoms. The van der Waals surface area contributed by atoms with Gasteiger partial charge in [0.05, 0.1) is 0 Å². The van der Waals surface area contributed by atoms with E-state index >= 15 is 0 Å². The van der Waals surface area contributed by atoms with Gasteiger partial charge in [0.1, 0.15) is 0 Å². The van der Waals surface area contributed by atoms with Crippen molar-refractivity contribution in [3.63, 3.8) is 0 Å². The van der Waals surface area contributed by atoms with Gasteiger partial charge in [0.15, 0.2) is 5.13 Å². The first-order valence-corrected chi connectivity index (χ1v) is 4.91. The van der Waals surface area contributed by atoms with Gasteiger partial charge in [-0.2, -0.15) is 8.42 Å². The van der Waals surface area contributed by atoms with Crippen LogP contribution in [0.2, 0.25) is 0 Å². The van der Waals surface area contributed by atoms with Crippen LogP contribution in [0, 0.1) is 6.92 Å². The van der Waals surface area contributed by atoms with Crippen molar-refractivity contribution in [2.75, 3.05) is 4.72 Å². The molecule has 0 saturated heterocycles. The molecule has 0 fully saturated rings. The molecule has 1 aromatic heterocycles. The summed E-state index contributed by atoms with van der Waals surface area (Å²) in [6.45, 7) is 1.78. The minimum Gasteiger partial charge on any atom is -1.00 e. The van der Waals surface area contributed by atoms with E-state index in [9.17, 15) is 8.42 Å². The van der Waals surface area contributed by atoms with Crippen molar-refractivity contribution >= 4 is 26.8 Å². The van der Waals surface area contributed by atoms with Crippen molar-refractivity contribution in [3.8, 4) is 0 Å². The molecule has 0 radical (unpaired) electrons. The maximum absolute atomic E-state index is 10.2. The molecule has 0 unspecified atom stereocenters. The zero-order valence-corrected chi connectivity index (χ0v) is 10.2. The van der Waals surface area contributed by atoms with Crippen molar-refractivity contribution in [1.29, 1.82) is 0 Å². The zero-order valence-electron chi connectivity index (χ0n) is 7.60. The Morgan fingerprint density at radius 1 is 1.75 bits per heavy atom. The first kappa shape index (κ1) is 12.3. The summed E-state index contributed by atoms with van der Waals surface area (Å²) in [4.78, 5) is 4.54. The predicted molar refractivity (Wildman–Crippen MR) is 43.1 cm³/mol. The molecular weight excluding hydrogens is 211 g/mol. The zero-order chi connectivity index (χ0) is 8.48. The summed E-state index contributed by atoms with van der Waals surface area (Å²) in [5.74, 6) is 0. The Morgan fingerprint density at radius 2 is 2.33 bits per heavy atom. The number of nitrogens with one attached hydrogen (secondary N) is 1. The molecule has 0 bridgehead atoms. The summed E-state index contributed by atoms with van der Waals surface area (Å²) in [6, 6.07) is 0. The van der Waals surface area contributed by atoms with E-state index in [4.69, 9.17) is 4.55 Å². The Kier molecular flexibility index (Phi) is 4.67. The normalized spacial score (nSPS) is 10.5. The third kappa shape index (κ3) is 4.39. The van der Waals surface area contributed by atoms with Crippen LogP contribution in [0.15, 0.2) is 6.20 Å². The fourth-order valence-corrected chi connectivity index (χ4v) is 1.78. The Morgan fingerprint density at radius 3 is 2.67 bits per heavy atom. The standard InChI is InChI=1S/C4H6N2O3S2.Na.H/c1-3-2-5-4(10-3)6-11(7,8)9;;/h2H,1H3,(H,5,6)(H,7,8,9);;/q;+1;-1. The maximum Gasteiger partial charge on any atom is 1.00 e. The molecule has 0 aliphatic heterocycles. The summed E-state index contributed by atoms with van der Waals surface area (Å²) in [5, 5.41) is 0.171. The molecule has 0 atom stereocenters. The molecule has 5 nitrogen and oxygen atoms in total. The van der Waals surface area contributed by atoms with Crippen molar-refractivity contribution in [2.45, 2.75) is 6.92 Å². The number of rotatable bonds is 2. The molecule has 0 amide bonds. The van der Waals surface area contributed by atoms with E-state index in [2.05, 4.69) is 4.98 Å². The quantitative estimate of drug-likeness (QED) is 0.435. The van der Waals surface area contributed by atoms with Gasteiger partial charge in [-0.05, 0) is 6.92 Å². The molecule has 1 heterocycles. The number of aromatic nitrogens is 1. The molecule has 8 heteroatoms. The average molecular weight is 218 g/mol. The average Bonchev–Trinajstić information content (AvgIpc) is 2.10. The van der Waals surface area contributed by atoms with E-state index in [0.29, 0.717) is 0 Å². The number of hydrogen-bond donors (Lipinski definition) is 2. The van der Waals surface area contributed by atoms with Crippen LogP contribution in [0.1, 0.15) is 6.30 Å². The molecule has 1 rings (SSSR count). The van der Waals surface area contributed by atoms with E-state index in [1.165, 1.54) is 6.20 Å². The third-order valence-electron chi connectivity index (χ3n) is 0.838. The molecule has 2 N–H and O–H groups in total. The molecule has 12 heavy (non-hydrogen) atoms. The van der Waals surface area contributed by atoms with Gasteiger partial charge < -0.3 is 1.43 Å². The van der Waals surface area contributed by atoms with Crippen LogP contribution in [0.4, 0.5) is 5.13 Å². The van der Waals surface area contributed by atoms with Gasteiger partial charge in [0, 0.05) is 11.1 Å². The van der Waals surface area contributed by atoms with Crippen LogP contribution in [0.3, 0.4) is 0 Å². The van der Waals surface area contributed by atoms with E-state index in [-0.39, 0.29) is 36.1 Å². The van der Waals surface area contributed by atoms with Crippen LogP contribution in [-0.2, 0) is 10.3 Å². The molecule has 0 aromatic carbocycles. The van der Waals surface area contributed by atoms with E-state index in [1.54, 1.807) is 6.92 Å². The summed E-state index contributed by atoms with van der Waals surface area (Å²) in [5.41, 5.74) is 0. The maximum atomic E-state index is 10.2. The van der Waals surface area contributed by atoms with Crippen molar-refractivity contribution < 1.29 is 44.0 Å². The second-order valence-electron chi connectivity index (χ2n) is 1.85. The summed E-state index contributed by atoms with van der Waals surface area (Å²) in [7, 11) is -4.17. The monoisotopic (exact) mass is 218 g/mol. The second-order valence-corrected chi connectivity index (χ2v) is 4.24. The smallest absolute Gasteiger partial charge is 1.00 e. The van der Waals surface area contributed by atoms with E-state index in [0.717, 1.165) is 16.2 Å². The van der Waals surface area contributed by atoms with Gasteiger partial charge in [0.25, 0.3) is 0 Å². The van der Waals surface area contributed by atoms with Crippen molar-refractivity contribution in [1.82, 2.24) is 4.98 Å². The third-order valence-corrected chi connectivity index (χ3v) is 2.25. The van der Waals surface area contributed by atoms with Crippen LogP contribution in [0.25, 0.3) is 0 Å². The number of hydrogen-bond acceptors (Lipinski definition) is 4. The topological polar surface area (TPSA) is 79.3 Å². The van der Waals surface area contributed by atoms with Gasteiger partial charge in [-0.25, -0.2) is 9.71 Å². The van der Waals surface area contributed by atoms with Crippen LogP contribution >= 0.6 is 11.3 Å². The Labute approximate surface area is 97.9 Å². The van der Waals surface area contributed by atoms with Gasteiger partial charge in [-0.15, -0.1) is 11.3 Å². The van der Waals surface area contributed by atoms with Crippen molar-refractivity contribution in [3.05, 3.63) is 11.1 Å². The fraction of sp³-hybridized carbons (Fsp3) is 0.250. The second kappa shape index (κ2) is 4.54. The van der Waals surface area contributed by atoms with Crippen molar-refractivity contribution in [2.24, 2.45) is 0 Å². The molecular formula is C4H7N2NaO3S2. The molecule has 0 aliphatic rings. The van der Waals surface area contributed by atoms with Gasteiger partial charge in [0.2, 0.25) is 0 Å². The van der Waals surface area contributed by atoms with E-state index < -0.39 is 10.3 Å². The summed E-state index contributed by atoms with van der Waals surface area (Å²) < 4.78 is 30.6. The van der Waals surface area contributed by atoms with Crippen LogP contribution in [-0.4, -0.2) is 18.0 Å². The first-order valence-electron chi connectivity index (χ1n) is 2.65. The fourth-order valence-electron chi connectivity index (χ4n) is 0.512. The minimum atomic E-state index is -4.17. The Bertz CT molecular complexity index is 352. The number of anilines is 1. The van der Waals surface area contributed by atoms with Gasteiger partial charge in [-0.1, -0.05) is 0 Å². The van der Waals surface area contributed by atoms with Crippen LogP contribution < -0.4 is 34.3 Å². The Hall–Kier alpha value is 0.340. The first-order chi connectivity index (χ1) is 4.97. The SMILES string of the molecule is Cc1cnc(NS(=O)(=O)O)s1.[H-].[Na+]. The number of thiazole rings is 1. The van der Waals surface area contributed by atoms with Gasteiger partial charge in [-0.3, -0.25) is 4.55 Å². The van der Waals surface area contributed by atoms with E-state index in [1.807, 2.05) is 4.72 Å². The number of nitrogens with zero attached hydrogens (tertiary/aromatic N) is 1. The summed E-state index contributed by atoms with van der Waals surface area (Å²) in [6.07, 6.45) is 1.51. The minimum absolute atomic E-state index is 0. The molecule has 0 saturated carbocycles. The Balaban J connectivity index is 0. The van der Waals surface area contributed by atoms with Gasteiger partial charge >= 0.3 is 39.9 Å².